The molecule has 1 atom stereocenters. The lowest BCUT2D eigenvalue weighted by Crippen LogP contribution is -2.05. The van der Waals surface area contributed by atoms with Crippen LogP contribution in [0.2, 0.25) is 5.02 Å². The van der Waals surface area contributed by atoms with E-state index < -0.39 is 0 Å². The van der Waals surface area contributed by atoms with Gasteiger partial charge in [-0.05, 0) is 107 Å². The van der Waals surface area contributed by atoms with Crippen molar-refractivity contribution < 1.29 is 0 Å². The summed E-state index contributed by atoms with van der Waals surface area (Å²) in [6, 6.07) is 50.2. The van der Waals surface area contributed by atoms with Gasteiger partial charge in [-0.25, -0.2) is 0 Å². The first-order chi connectivity index (χ1) is 24.7. The number of benzene rings is 6. The van der Waals surface area contributed by atoms with Gasteiger partial charge in [-0.15, -0.1) is 0 Å². The molecule has 0 bridgehead atoms. The highest BCUT2D eigenvalue weighted by Gasteiger charge is 2.29. The average molecular weight is 683 g/mol. The van der Waals surface area contributed by atoms with Gasteiger partial charge in [0, 0.05) is 27.0 Å². The number of halogens is 1. The molecule has 0 saturated heterocycles. The first kappa shape index (κ1) is 30.9. The van der Waals surface area contributed by atoms with Crippen LogP contribution in [0, 0.1) is 0 Å². The van der Waals surface area contributed by atoms with Gasteiger partial charge in [0.05, 0.1) is 22.1 Å². The SMILES string of the molecule is Clc1cccc2c1Nc1ccc(-c3ccc4c(c3)-c3ccccc3C4CCC3=N/C(c4ccccc4)=C\C(c4ccccc4)=C/CC3)cc1S2. The summed E-state index contributed by atoms with van der Waals surface area (Å²) in [5.74, 6) is 0.340. The van der Waals surface area contributed by atoms with Crippen LogP contribution < -0.4 is 5.32 Å². The monoisotopic (exact) mass is 682 g/mol. The maximum atomic E-state index is 6.49. The second-order valence-electron chi connectivity index (χ2n) is 13.2. The fraction of sp³-hybridized carbons (Fsp3) is 0.109. The number of hydrogen-bond donors (Lipinski definition) is 1. The molecule has 1 aliphatic carbocycles. The fourth-order valence-corrected chi connectivity index (χ4v) is 8.93. The lowest BCUT2D eigenvalue weighted by atomic mass is 9.89. The van der Waals surface area contributed by atoms with Crippen LogP contribution >= 0.6 is 23.4 Å². The van der Waals surface area contributed by atoms with Gasteiger partial charge in [0.2, 0.25) is 0 Å². The van der Waals surface area contributed by atoms with E-state index in [2.05, 4.69) is 145 Å². The fourth-order valence-electron chi connectivity index (χ4n) is 7.59. The van der Waals surface area contributed by atoms with Crippen LogP contribution in [0.5, 0.6) is 0 Å². The second-order valence-corrected chi connectivity index (χ2v) is 14.7. The molecule has 4 heteroatoms. The van der Waals surface area contributed by atoms with Crippen LogP contribution in [0.1, 0.15) is 53.9 Å². The summed E-state index contributed by atoms with van der Waals surface area (Å²) in [6.07, 6.45) is 8.59. The molecule has 0 spiro atoms. The van der Waals surface area contributed by atoms with Crippen LogP contribution in [-0.4, -0.2) is 5.71 Å². The van der Waals surface area contributed by atoms with Crippen LogP contribution in [0.15, 0.2) is 166 Å². The van der Waals surface area contributed by atoms with E-state index in [1.54, 1.807) is 11.8 Å². The lowest BCUT2D eigenvalue weighted by Gasteiger charge is -2.22. The summed E-state index contributed by atoms with van der Waals surface area (Å²) < 4.78 is 0. The topological polar surface area (TPSA) is 24.4 Å². The van der Waals surface area contributed by atoms with Gasteiger partial charge >= 0.3 is 0 Å². The lowest BCUT2D eigenvalue weighted by molar-refractivity contribution is 0.751. The smallest absolute Gasteiger partial charge is 0.0715 e. The number of anilines is 2. The molecule has 6 aromatic carbocycles. The minimum atomic E-state index is 0.340. The molecular weight excluding hydrogens is 648 g/mol. The van der Waals surface area contributed by atoms with Crippen molar-refractivity contribution >= 4 is 51.7 Å². The second kappa shape index (κ2) is 13.3. The molecule has 0 amide bonds. The zero-order valence-corrected chi connectivity index (χ0v) is 29.1. The molecule has 50 heavy (non-hydrogen) atoms. The Bertz CT molecular complexity index is 2340. The number of aliphatic imine (C=N–C) groups is 1. The average Bonchev–Trinajstić information content (AvgIpc) is 3.47. The quantitative estimate of drug-likeness (QED) is 0.189. The molecule has 2 nitrogen and oxygen atoms in total. The molecule has 242 valence electrons. The van der Waals surface area contributed by atoms with Crippen molar-refractivity contribution in [1.82, 2.24) is 0 Å². The predicted molar refractivity (Wildman–Crippen MR) is 213 cm³/mol. The van der Waals surface area contributed by atoms with Crippen molar-refractivity contribution in [3.63, 3.8) is 0 Å². The largest absolute Gasteiger partial charge is 0.352 e. The van der Waals surface area contributed by atoms with Crippen molar-refractivity contribution in [3.8, 4) is 22.3 Å². The van der Waals surface area contributed by atoms with Crippen LogP contribution in [0.3, 0.4) is 0 Å². The Morgan fingerprint density at radius 3 is 2.26 bits per heavy atom. The first-order valence-corrected chi connectivity index (χ1v) is 18.6. The van der Waals surface area contributed by atoms with Crippen molar-refractivity contribution in [2.45, 2.75) is 41.4 Å². The maximum Gasteiger partial charge on any atom is 0.0715 e. The molecule has 0 saturated carbocycles. The van der Waals surface area contributed by atoms with Gasteiger partial charge in [0.25, 0.3) is 0 Å². The standard InChI is InChI=1S/C46H35ClN2S/c47-41-19-10-20-44-46(41)49-42-26-22-34(29-45(42)50-44)33-21-24-39-38(36-17-7-8-18-37(36)40(39)27-33)25-23-35-16-9-15-32(30-11-3-1-4-12-30)28-43(48-35)31-13-5-2-6-14-31/h1-8,10-15,17-22,24,26-29,38,49H,9,16,23,25H2/b32-15+,43-28-,48-35?. The van der Waals surface area contributed by atoms with Crippen LogP contribution in [0.4, 0.5) is 11.4 Å². The van der Waals surface area contributed by atoms with Gasteiger partial charge in [-0.2, -0.15) is 0 Å². The first-order valence-electron chi connectivity index (χ1n) is 17.4. The van der Waals surface area contributed by atoms with Gasteiger partial charge < -0.3 is 5.32 Å². The Kier molecular flexibility index (Phi) is 8.24. The number of hydrogen-bond acceptors (Lipinski definition) is 3. The van der Waals surface area contributed by atoms with Crippen molar-refractivity contribution in [2.75, 3.05) is 5.32 Å². The molecule has 6 aromatic rings. The molecule has 9 rings (SSSR count). The number of allylic oxidation sites excluding steroid dienone is 3. The van der Waals surface area contributed by atoms with E-state index in [0.29, 0.717) is 5.92 Å². The summed E-state index contributed by atoms with van der Waals surface area (Å²) >= 11 is 8.27. The summed E-state index contributed by atoms with van der Waals surface area (Å²) in [5, 5.41) is 4.30. The minimum Gasteiger partial charge on any atom is -0.352 e. The summed E-state index contributed by atoms with van der Waals surface area (Å²) in [4.78, 5) is 7.75. The molecule has 3 aliphatic rings. The number of nitrogens with zero attached hydrogens (tertiary/aromatic N) is 1. The molecule has 2 heterocycles. The highest BCUT2D eigenvalue weighted by Crippen LogP contribution is 2.50. The summed E-state index contributed by atoms with van der Waals surface area (Å²) in [7, 11) is 0. The Labute approximate surface area is 303 Å². The van der Waals surface area contributed by atoms with E-state index in [1.165, 1.54) is 55.1 Å². The van der Waals surface area contributed by atoms with Gasteiger partial charge in [-0.1, -0.05) is 139 Å². The zero-order valence-electron chi connectivity index (χ0n) is 27.6. The number of para-hydroxylation sites is 1. The molecule has 1 N–H and O–H groups in total. The van der Waals surface area contributed by atoms with E-state index in [0.717, 1.165) is 58.2 Å². The third-order valence-corrected chi connectivity index (χ3v) is 11.5. The van der Waals surface area contributed by atoms with Crippen molar-refractivity contribution in [2.24, 2.45) is 4.99 Å². The van der Waals surface area contributed by atoms with Gasteiger partial charge in [0.1, 0.15) is 0 Å². The molecule has 0 aromatic heterocycles. The Balaban J connectivity index is 1.01. The van der Waals surface area contributed by atoms with E-state index >= 15 is 0 Å². The van der Waals surface area contributed by atoms with E-state index in [4.69, 9.17) is 16.6 Å². The highest BCUT2D eigenvalue weighted by molar-refractivity contribution is 7.99. The van der Waals surface area contributed by atoms with E-state index in [9.17, 15) is 0 Å². The molecule has 0 fully saturated rings. The molecule has 1 unspecified atom stereocenters. The molecule has 0 radical (unpaired) electrons. The third-order valence-electron chi connectivity index (χ3n) is 10.1. The van der Waals surface area contributed by atoms with E-state index in [1.807, 2.05) is 12.1 Å². The van der Waals surface area contributed by atoms with E-state index in [-0.39, 0.29) is 0 Å². The van der Waals surface area contributed by atoms with Crippen molar-refractivity contribution in [3.05, 3.63) is 179 Å². The molecule has 2 aliphatic heterocycles. The Morgan fingerprint density at radius 2 is 1.40 bits per heavy atom. The number of rotatable bonds is 6. The number of nitrogens with one attached hydrogen (secondary N) is 1. The van der Waals surface area contributed by atoms with Crippen molar-refractivity contribution in [1.29, 1.82) is 0 Å². The minimum absolute atomic E-state index is 0.340. The summed E-state index contributed by atoms with van der Waals surface area (Å²) in [5.41, 5.74) is 16.0. The zero-order chi connectivity index (χ0) is 33.4. The predicted octanol–water partition coefficient (Wildman–Crippen LogP) is 13.5. The highest BCUT2D eigenvalue weighted by atomic mass is 35.5. The normalized spacial score (nSPS) is 18.0. The Hall–Kier alpha value is -5.09. The third kappa shape index (κ3) is 5.91. The molecular formula is C46H35ClN2S. The number of fused-ring (bicyclic) bond motifs is 5. The van der Waals surface area contributed by atoms with Crippen LogP contribution in [-0.2, 0) is 0 Å². The summed E-state index contributed by atoms with van der Waals surface area (Å²) in [6.45, 7) is 0. The van der Waals surface area contributed by atoms with Gasteiger partial charge in [0.15, 0.2) is 0 Å². The Morgan fingerprint density at radius 1 is 0.660 bits per heavy atom. The van der Waals surface area contributed by atoms with Crippen LogP contribution in [0.25, 0.3) is 33.5 Å². The maximum absolute atomic E-state index is 6.49. The van der Waals surface area contributed by atoms with Gasteiger partial charge in [-0.3, -0.25) is 4.99 Å².